The predicted octanol–water partition coefficient (Wildman–Crippen LogP) is 2.04. The maximum atomic E-state index is 13.1. The van der Waals surface area contributed by atoms with Crippen LogP contribution in [0.25, 0.3) is 0 Å². The zero-order valence-corrected chi connectivity index (χ0v) is 11.2. The molecule has 1 unspecified atom stereocenters. The van der Waals surface area contributed by atoms with Crippen molar-refractivity contribution in [1.29, 1.82) is 0 Å². The maximum absolute atomic E-state index is 13.1. The van der Waals surface area contributed by atoms with E-state index in [2.05, 4.69) is 10.6 Å². The van der Waals surface area contributed by atoms with Crippen molar-refractivity contribution in [3.05, 3.63) is 35.6 Å². The highest BCUT2D eigenvalue weighted by Gasteiger charge is 2.15. The fourth-order valence-electron chi connectivity index (χ4n) is 1.75. The lowest BCUT2D eigenvalue weighted by Crippen LogP contribution is -2.40. The maximum Gasteiger partial charge on any atom is 0.227 e. The van der Waals surface area contributed by atoms with Gasteiger partial charge in [0.25, 0.3) is 0 Å². The van der Waals surface area contributed by atoms with Gasteiger partial charge in [-0.05, 0) is 38.1 Å². The summed E-state index contributed by atoms with van der Waals surface area (Å²) in [5, 5.41) is 6.07. The van der Waals surface area contributed by atoms with Gasteiger partial charge in [0.2, 0.25) is 5.91 Å². The molecule has 0 aliphatic heterocycles. The molecule has 0 radical (unpaired) electrons. The third kappa shape index (κ3) is 4.45. The van der Waals surface area contributed by atoms with Crippen LogP contribution in [0.15, 0.2) is 24.3 Å². The van der Waals surface area contributed by atoms with Gasteiger partial charge in [0, 0.05) is 12.6 Å². The van der Waals surface area contributed by atoms with Gasteiger partial charge in [-0.3, -0.25) is 4.79 Å². The first-order valence-electron chi connectivity index (χ1n) is 6.31. The van der Waals surface area contributed by atoms with Gasteiger partial charge in [0.15, 0.2) is 0 Å². The standard InChI is InChI=1S/C14H21FN2O/c1-4-16-10(2)9-17-14(18)11(3)12-6-5-7-13(15)8-12/h5-8,10-11,16H,4,9H2,1-3H3,(H,17,18)/t10-,11?/m1/s1. The first-order chi connectivity index (χ1) is 8.54. The lowest BCUT2D eigenvalue weighted by atomic mass is 10.0. The second-order valence-electron chi connectivity index (χ2n) is 4.48. The van der Waals surface area contributed by atoms with Crippen LogP contribution in [0.4, 0.5) is 4.39 Å². The molecule has 0 saturated heterocycles. The van der Waals surface area contributed by atoms with Gasteiger partial charge >= 0.3 is 0 Å². The van der Waals surface area contributed by atoms with E-state index in [-0.39, 0.29) is 23.7 Å². The lowest BCUT2D eigenvalue weighted by molar-refractivity contribution is -0.122. The number of hydrogen-bond acceptors (Lipinski definition) is 2. The van der Waals surface area contributed by atoms with Crippen LogP contribution in [0, 0.1) is 5.82 Å². The molecular formula is C14H21FN2O. The molecule has 18 heavy (non-hydrogen) atoms. The van der Waals surface area contributed by atoms with E-state index >= 15 is 0 Å². The molecule has 0 aliphatic carbocycles. The number of rotatable bonds is 6. The molecule has 3 nitrogen and oxygen atoms in total. The summed E-state index contributed by atoms with van der Waals surface area (Å²) in [7, 11) is 0. The van der Waals surface area contributed by atoms with E-state index in [4.69, 9.17) is 0 Å². The van der Waals surface area contributed by atoms with Crippen LogP contribution < -0.4 is 10.6 Å². The van der Waals surface area contributed by atoms with Crippen LogP contribution in [0.1, 0.15) is 32.3 Å². The second kappa shape index (κ2) is 7.11. The van der Waals surface area contributed by atoms with E-state index in [1.807, 2.05) is 13.8 Å². The van der Waals surface area contributed by atoms with E-state index in [0.717, 1.165) is 6.54 Å². The average Bonchev–Trinajstić information content (AvgIpc) is 2.35. The van der Waals surface area contributed by atoms with Gasteiger partial charge in [0.05, 0.1) is 5.92 Å². The molecule has 100 valence electrons. The van der Waals surface area contributed by atoms with E-state index < -0.39 is 0 Å². The summed E-state index contributed by atoms with van der Waals surface area (Å²) < 4.78 is 13.1. The van der Waals surface area contributed by atoms with Gasteiger partial charge in [-0.1, -0.05) is 19.1 Å². The summed E-state index contributed by atoms with van der Waals surface area (Å²) in [6, 6.07) is 6.40. The van der Waals surface area contributed by atoms with E-state index in [9.17, 15) is 9.18 Å². The summed E-state index contributed by atoms with van der Waals surface area (Å²) >= 11 is 0. The number of benzene rings is 1. The van der Waals surface area contributed by atoms with Crippen LogP contribution in [-0.2, 0) is 4.79 Å². The molecule has 0 bridgehead atoms. The normalized spacial score (nSPS) is 14.0. The molecule has 0 spiro atoms. The highest BCUT2D eigenvalue weighted by atomic mass is 19.1. The Morgan fingerprint density at radius 3 is 2.72 bits per heavy atom. The number of nitrogens with one attached hydrogen (secondary N) is 2. The monoisotopic (exact) mass is 252 g/mol. The minimum atomic E-state index is -0.338. The number of carbonyl (C=O) groups is 1. The molecule has 0 aliphatic rings. The van der Waals surface area contributed by atoms with Gasteiger partial charge in [0.1, 0.15) is 5.82 Å². The van der Waals surface area contributed by atoms with Crippen molar-refractivity contribution >= 4 is 5.91 Å². The van der Waals surface area contributed by atoms with Gasteiger partial charge in [-0.15, -0.1) is 0 Å². The van der Waals surface area contributed by atoms with Crippen LogP contribution in [0.3, 0.4) is 0 Å². The summed E-state index contributed by atoms with van der Waals surface area (Å²) in [5.41, 5.74) is 0.698. The SMILES string of the molecule is CCN[C@H](C)CNC(=O)C(C)c1cccc(F)c1. The Labute approximate surface area is 108 Å². The van der Waals surface area contributed by atoms with Crippen molar-refractivity contribution in [3.63, 3.8) is 0 Å². The van der Waals surface area contributed by atoms with Gasteiger partial charge in [-0.2, -0.15) is 0 Å². The van der Waals surface area contributed by atoms with Crippen LogP contribution in [0.2, 0.25) is 0 Å². The zero-order valence-electron chi connectivity index (χ0n) is 11.2. The van der Waals surface area contributed by atoms with Crippen molar-refractivity contribution in [1.82, 2.24) is 10.6 Å². The lowest BCUT2D eigenvalue weighted by Gasteiger charge is -2.16. The molecule has 1 aromatic carbocycles. The Bertz CT molecular complexity index is 395. The third-order valence-electron chi connectivity index (χ3n) is 2.88. The van der Waals surface area contributed by atoms with E-state index in [1.54, 1.807) is 19.1 Å². The van der Waals surface area contributed by atoms with Crippen LogP contribution >= 0.6 is 0 Å². The van der Waals surface area contributed by atoms with Gasteiger partial charge < -0.3 is 10.6 Å². The molecule has 1 rings (SSSR count). The molecule has 1 amide bonds. The third-order valence-corrected chi connectivity index (χ3v) is 2.88. The molecule has 0 heterocycles. The summed E-state index contributed by atoms with van der Waals surface area (Å²) in [6.07, 6.45) is 0. The molecule has 2 atom stereocenters. The molecule has 2 N–H and O–H groups in total. The highest BCUT2D eigenvalue weighted by Crippen LogP contribution is 2.16. The highest BCUT2D eigenvalue weighted by molar-refractivity contribution is 5.83. The van der Waals surface area contributed by atoms with Crippen LogP contribution in [-0.4, -0.2) is 25.0 Å². The fraction of sp³-hybridized carbons (Fsp3) is 0.500. The van der Waals surface area contributed by atoms with Crippen molar-refractivity contribution < 1.29 is 9.18 Å². The molecule has 4 heteroatoms. The molecule has 1 aromatic rings. The molecule has 0 fully saturated rings. The quantitative estimate of drug-likeness (QED) is 0.813. The minimum absolute atomic E-state index is 0.0784. The smallest absolute Gasteiger partial charge is 0.227 e. The number of likely N-dealkylation sites (N-methyl/N-ethyl adjacent to an activating group) is 1. The van der Waals surface area contributed by atoms with Crippen LogP contribution in [0.5, 0.6) is 0 Å². The summed E-state index contributed by atoms with van der Waals surface area (Å²) in [4.78, 5) is 11.9. The number of carbonyl (C=O) groups excluding carboxylic acids is 1. The summed E-state index contributed by atoms with van der Waals surface area (Å²) in [5.74, 6) is -0.729. The fourth-order valence-corrected chi connectivity index (χ4v) is 1.75. The first-order valence-corrected chi connectivity index (χ1v) is 6.31. The second-order valence-corrected chi connectivity index (χ2v) is 4.48. The molecular weight excluding hydrogens is 231 g/mol. The van der Waals surface area contributed by atoms with Crippen molar-refractivity contribution in [2.24, 2.45) is 0 Å². The number of hydrogen-bond donors (Lipinski definition) is 2. The summed E-state index contributed by atoms with van der Waals surface area (Å²) in [6.45, 7) is 7.26. The average molecular weight is 252 g/mol. The minimum Gasteiger partial charge on any atom is -0.354 e. The molecule has 0 saturated carbocycles. The first kappa shape index (κ1) is 14.6. The van der Waals surface area contributed by atoms with Crippen molar-refractivity contribution in [3.8, 4) is 0 Å². The number of amides is 1. The zero-order chi connectivity index (χ0) is 13.5. The Balaban J connectivity index is 2.51. The predicted molar refractivity (Wildman–Crippen MR) is 71.0 cm³/mol. The van der Waals surface area contributed by atoms with E-state index in [1.165, 1.54) is 12.1 Å². The largest absolute Gasteiger partial charge is 0.354 e. The Hall–Kier alpha value is -1.42. The Kier molecular flexibility index (Phi) is 5.78. The Morgan fingerprint density at radius 2 is 2.11 bits per heavy atom. The van der Waals surface area contributed by atoms with E-state index in [0.29, 0.717) is 12.1 Å². The number of halogens is 1. The Morgan fingerprint density at radius 1 is 1.39 bits per heavy atom. The molecule has 0 aromatic heterocycles. The van der Waals surface area contributed by atoms with Crippen molar-refractivity contribution in [2.45, 2.75) is 32.7 Å². The van der Waals surface area contributed by atoms with Gasteiger partial charge in [-0.25, -0.2) is 4.39 Å². The topological polar surface area (TPSA) is 41.1 Å². The van der Waals surface area contributed by atoms with Crippen molar-refractivity contribution in [2.75, 3.05) is 13.1 Å².